The van der Waals surface area contributed by atoms with Crippen LogP contribution in [0.3, 0.4) is 0 Å². The Morgan fingerprint density at radius 1 is 1.10 bits per heavy atom. The van der Waals surface area contributed by atoms with Crippen molar-refractivity contribution >= 4 is 11.6 Å². The van der Waals surface area contributed by atoms with Crippen molar-refractivity contribution in [3.63, 3.8) is 0 Å². The van der Waals surface area contributed by atoms with Crippen LogP contribution in [0, 0.1) is 11.7 Å². The van der Waals surface area contributed by atoms with Crippen molar-refractivity contribution < 1.29 is 13.9 Å². The smallest absolute Gasteiger partial charge is 0.257 e. The van der Waals surface area contributed by atoms with Crippen molar-refractivity contribution in [2.24, 2.45) is 11.0 Å². The van der Waals surface area contributed by atoms with Gasteiger partial charge >= 0.3 is 0 Å². The highest BCUT2D eigenvalue weighted by Crippen LogP contribution is 2.34. The summed E-state index contributed by atoms with van der Waals surface area (Å²) < 4.78 is 18.6. The number of nitrogens with zero attached hydrogens (tertiary/aromatic N) is 3. The molecule has 0 radical (unpaired) electrons. The number of likely N-dealkylation sites (tertiary alicyclic amines) is 1. The summed E-state index contributed by atoms with van der Waals surface area (Å²) in [6.45, 7) is 4.53. The van der Waals surface area contributed by atoms with Gasteiger partial charge in [-0.05, 0) is 67.2 Å². The summed E-state index contributed by atoms with van der Waals surface area (Å²) >= 11 is 0. The first-order valence-electron chi connectivity index (χ1n) is 10.6. The Hall–Kier alpha value is -2.73. The molecule has 2 aliphatic rings. The monoisotopic (exact) mass is 409 g/mol. The molecule has 2 aliphatic heterocycles. The van der Waals surface area contributed by atoms with Gasteiger partial charge in [-0.3, -0.25) is 9.69 Å². The molecule has 1 saturated heterocycles. The highest BCUT2D eigenvalue weighted by Gasteiger charge is 2.34. The molecule has 158 valence electrons. The summed E-state index contributed by atoms with van der Waals surface area (Å²) in [5.41, 5.74) is 2.66. The molecule has 0 unspecified atom stereocenters. The molecular formula is C24H28FN3O2. The van der Waals surface area contributed by atoms with E-state index in [0.717, 1.165) is 54.4 Å². The number of carbonyl (C=O) groups is 1. The van der Waals surface area contributed by atoms with Crippen LogP contribution in [0.1, 0.15) is 43.4 Å². The molecule has 1 fully saturated rings. The van der Waals surface area contributed by atoms with Gasteiger partial charge in [-0.1, -0.05) is 31.2 Å². The number of rotatable bonds is 5. The molecule has 2 heterocycles. The first-order chi connectivity index (χ1) is 14.5. The average molecular weight is 410 g/mol. The number of ether oxygens (including phenoxy) is 1. The molecule has 0 aliphatic carbocycles. The van der Waals surface area contributed by atoms with E-state index in [4.69, 9.17) is 4.74 Å². The molecule has 5 nitrogen and oxygen atoms in total. The van der Waals surface area contributed by atoms with Gasteiger partial charge in [0.15, 0.2) is 0 Å². The van der Waals surface area contributed by atoms with Crippen molar-refractivity contribution in [3.05, 3.63) is 65.5 Å². The molecule has 2 aromatic carbocycles. The van der Waals surface area contributed by atoms with Crippen LogP contribution in [0.25, 0.3) is 0 Å². The lowest BCUT2D eigenvalue weighted by Crippen LogP contribution is -2.41. The lowest BCUT2D eigenvalue weighted by Gasteiger charge is -2.31. The van der Waals surface area contributed by atoms with Gasteiger partial charge in [0.1, 0.15) is 11.6 Å². The maximum absolute atomic E-state index is 13.4. The summed E-state index contributed by atoms with van der Waals surface area (Å²) in [7, 11) is 1.63. The summed E-state index contributed by atoms with van der Waals surface area (Å²) in [4.78, 5) is 15.4. The molecular weight excluding hydrogens is 381 g/mol. The molecule has 1 atom stereocenters. The Morgan fingerprint density at radius 3 is 2.40 bits per heavy atom. The van der Waals surface area contributed by atoms with E-state index in [0.29, 0.717) is 13.0 Å². The minimum absolute atomic E-state index is 0.00230. The third-order valence-corrected chi connectivity index (χ3v) is 6.08. The second kappa shape index (κ2) is 8.96. The lowest BCUT2D eigenvalue weighted by molar-refractivity contribution is -0.134. The van der Waals surface area contributed by atoms with Crippen LogP contribution >= 0.6 is 0 Å². The standard InChI is InChI=1S/C24H28FN3O2/c1-17-11-13-27(14-12-17)16-24(29)28-23(19-5-9-21(30-2)10-6-19)15-22(26-28)18-3-7-20(25)8-4-18/h3-10,17,23H,11-16H2,1-2H3/t23-/m0/s1. The topological polar surface area (TPSA) is 45.1 Å². The number of hydrogen-bond acceptors (Lipinski definition) is 4. The van der Waals surface area contributed by atoms with E-state index in [2.05, 4.69) is 16.9 Å². The molecule has 2 aromatic rings. The molecule has 1 amide bonds. The van der Waals surface area contributed by atoms with Gasteiger partial charge in [-0.25, -0.2) is 9.40 Å². The van der Waals surface area contributed by atoms with Gasteiger partial charge in [0.2, 0.25) is 0 Å². The molecule has 6 heteroatoms. The first-order valence-corrected chi connectivity index (χ1v) is 10.6. The Morgan fingerprint density at radius 2 is 1.77 bits per heavy atom. The molecule has 0 aromatic heterocycles. The SMILES string of the molecule is COc1ccc([C@@H]2CC(c3ccc(F)cc3)=NN2C(=O)CN2CCC(C)CC2)cc1. The Balaban J connectivity index is 1.57. The highest BCUT2D eigenvalue weighted by molar-refractivity contribution is 6.03. The third-order valence-electron chi connectivity index (χ3n) is 6.08. The fourth-order valence-corrected chi connectivity index (χ4v) is 4.13. The molecule has 0 N–H and O–H groups in total. The molecule has 30 heavy (non-hydrogen) atoms. The van der Waals surface area contributed by atoms with Gasteiger partial charge in [0.05, 0.1) is 25.4 Å². The fourth-order valence-electron chi connectivity index (χ4n) is 4.13. The van der Waals surface area contributed by atoms with Crippen molar-refractivity contribution in [2.75, 3.05) is 26.7 Å². The number of piperidine rings is 1. The zero-order chi connectivity index (χ0) is 21.1. The van der Waals surface area contributed by atoms with Crippen LogP contribution in [-0.4, -0.2) is 48.3 Å². The van der Waals surface area contributed by atoms with Gasteiger partial charge in [0, 0.05) is 6.42 Å². The number of hydrazone groups is 1. The zero-order valence-corrected chi connectivity index (χ0v) is 17.6. The molecule has 0 bridgehead atoms. The normalized spacial score (nSPS) is 20.3. The maximum atomic E-state index is 13.4. The highest BCUT2D eigenvalue weighted by atomic mass is 19.1. The van der Waals surface area contributed by atoms with Crippen molar-refractivity contribution in [1.82, 2.24) is 9.91 Å². The predicted molar refractivity (Wildman–Crippen MR) is 115 cm³/mol. The van der Waals surface area contributed by atoms with E-state index in [1.165, 1.54) is 12.1 Å². The van der Waals surface area contributed by atoms with Gasteiger partial charge in [-0.2, -0.15) is 5.10 Å². The minimum atomic E-state index is -0.281. The van der Waals surface area contributed by atoms with E-state index >= 15 is 0 Å². The minimum Gasteiger partial charge on any atom is -0.497 e. The van der Waals surface area contributed by atoms with Crippen LogP contribution in [0.4, 0.5) is 4.39 Å². The van der Waals surface area contributed by atoms with Crippen LogP contribution in [-0.2, 0) is 4.79 Å². The van der Waals surface area contributed by atoms with Crippen LogP contribution in [0.5, 0.6) is 5.75 Å². The number of methoxy groups -OCH3 is 1. The lowest BCUT2D eigenvalue weighted by atomic mass is 9.98. The average Bonchev–Trinajstić information content (AvgIpc) is 3.21. The van der Waals surface area contributed by atoms with Crippen LogP contribution in [0.2, 0.25) is 0 Å². The van der Waals surface area contributed by atoms with Gasteiger partial charge in [-0.15, -0.1) is 0 Å². The third kappa shape index (κ3) is 4.54. The molecule has 4 rings (SSSR count). The number of benzene rings is 2. The second-order valence-electron chi connectivity index (χ2n) is 8.24. The summed E-state index contributed by atoms with van der Waals surface area (Å²) in [6.07, 6.45) is 2.85. The van der Waals surface area contributed by atoms with Crippen molar-refractivity contribution in [3.8, 4) is 5.75 Å². The number of hydrogen-bond donors (Lipinski definition) is 0. The van der Waals surface area contributed by atoms with E-state index in [1.54, 1.807) is 24.3 Å². The number of carbonyl (C=O) groups excluding carboxylic acids is 1. The first kappa shape index (κ1) is 20.5. The van der Waals surface area contributed by atoms with Crippen molar-refractivity contribution in [1.29, 1.82) is 0 Å². The summed E-state index contributed by atoms with van der Waals surface area (Å²) in [5, 5.41) is 6.31. The van der Waals surface area contributed by atoms with E-state index < -0.39 is 0 Å². The van der Waals surface area contributed by atoms with Gasteiger partial charge in [0.25, 0.3) is 5.91 Å². The van der Waals surface area contributed by atoms with E-state index in [1.807, 2.05) is 24.3 Å². The largest absolute Gasteiger partial charge is 0.497 e. The fraction of sp³-hybridized carbons (Fsp3) is 0.417. The summed E-state index contributed by atoms with van der Waals surface area (Å²) in [5.74, 6) is 1.22. The number of amides is 1. The Bertz CT molecular complexity index is 903. The van der Waals surface area contributed by atoms with E-state index in [9.17, 15) is 9.18 Å². The predicted octanol–water partition coefficient (Wildman–Crippen LogP) is 4.24. The molecule has 0 saturated carbocycles. The summed E-state index contributed by atoms with van der Waals surface area (Å²) in [6, 6.07) is 13.9. The van der Waals surface area contributed by atoms with Crippen LogP contribution in [0.15, 0.2) is 53.6 Å². The van der Waals surface area contributed by atoms with Gasteiger partial charge < -0.3 is 4.74 Å². The maximum Gasteiger partial charge on any atom is 0.257 e. The quantitative estimate of drug-likeness (QED) is 0.742. The van der Waals surface area contributed by atoms with E-state index in [-0.39, 0.29) is 17.8 Å². The second-order valence-corrected chi connectivity index (χ2v) is 8.24. The van der Waals surface area contributed by atoms with Crippen molar-refractivity contribution in [2.45, 2.75) is 32.2 Å². The zero-order valence-electron chi connectivity index (χ0n) is 17.6. The molecule has 0 spiro atoms. The van der Waals surface area contributed by atoms with Crippen LogP contribution < -0.4 is 4.74 Å². The Labute approximate surface area is 177 Å². The Kier molecular flexibility index (Phi) is 6.13. The number of halogens is 1.